The standard InChI is InChI=1S/C17H16Cl2N4OS/c1-2-20-17(25)23-21-10-11-4-3-5-13(8-11)22-16(24)14-7-6-12(18)9-15(14)19/h3-10H,2H2,1H3,(H,22,24)(H2,20,23,25)/b21-10-. The predicted molar refractivity (Wildman–Crippen MR) is 108 cm³/mol. The Morgan fingerprint density at radius 2 is 2.04 bits per heavy atom. The molecule has 0 aliphatic heterocycles. The molecule has 0 saturated heterocycles. The van der Waals surface area contributed by atoms with Crippen LogP contribution in [-0.2, 0) is 0 Å². The van der Waals surface area contributed by atoms with E-state index < -0.39 is 0 Å². The monoisotopic (exact) mass is 394 g/mol. The molecule has 5 nitrogen and oxygen atoms in total. The maximum Gasteiger partial charge on any atom is 0.257 e. The molecular weight excluding hydrogens is 379 g/mol. The zero-order chi connectivity index (χ0) is 18.2. The molecule has 0 saturated carbocycles. The van der Waals surface area contributed by atoms with E-state index in [-0.39, 0.29) is 5.91 Å². The van der Waals surface area contributed by atoms with E-state index in [1.807, 2.05) is 19.1 Å². The second-order valence-corrected chi connectivity index (χ2v) is 6.19. The largest absolute Gasteiger partial charge is 0.362 e. The van der Waals surface area contributed by atoms with Crippen molar-refractivity contribution in [1.82, 2.24) is 10.7 Å². The number of hydrazone groups is 1. The normalized spacial score (nSPS) is 10.5. The first-order valence-electron chi connectivity index (χ1n) is 7.43. The van der Waals surface area contributed by atoms with Gasteiger partial charge in [0.25, 0.3) is 5.91 Å². The van der Waals surface area contributed by atoms with Crippen molar-refractivity contribution in [1.29, 1.82) is 0 Å². The van der Waals surface area contributed by atoms with E-state index >= 15 is 0 Å². The summed E-state index contributed by atoms with van der Waals surface area (Å²) in [6.07, 6.45) is 1.61. The molecule has 0 fully saturated rings. The van der Waals surface area contributed by atoms with E-state index in [0.29, 0.717) is 26.4 Å². The second-order valence-electron chi connectivity index (χ2n) is 4.93. The Morgan fingerprint density at radius 3 is 2.76 bits per heavy atom. The molecule has 8 heteroatoms. The summed E-state index contributed by atoms with van der Waals surface area (Å²) in [6.45, 7) is 2.66. The zero-order valence-electron chi connectivity index (χ0n) is 13.3. The second kappa shape index (κ2) is 9.36. The Kier molecular flexibility index (Phi) is 7.18. The molecule has 0 aliphatic carbocycles. The molecule has 0 aromatic heterocycles. The van der Waals surface area contributed by atoms with Crippen LogP contribution in [0.1, 0.15) is 22.8 Å². The van der Waals surface area contributed by atoms with Crippen LogP contribution in [0, 0.1) is 0 Å². The van der Waals surface area contributed by atoms with Gasteiger partial charge >= 0.3 is 0 Å². The molecule has 2 aromatic carbocycles. The van der Waals surface area contributed by atoms with E-state index in [9.17, 15) is 4.79 Å². The van der Waals surface area contributed by atoms with Crippen LogP contribution in [-0.4, -0.2) is 23.8 Å². The molecule has 0 radical (unpaired) electrons. The minimum Gasteiger partial charge on any atom is -0.362 e. The maximum atomic E-state index is 12.3. The summed E-state index contributed by atoms with van der Waals surface area (Å²) in [6, 6.07) is 11.9. The molecular formula is C17H16Cl2N4OS. The van der Waals surface area contributed by atoms with Gasteiger partial charge < -0.3 is 10.6 Å². The van der Waals surface area contributed by atoms with Crippen LogP contribution >= 0.6 is 35.4 Å². The van der Waals surface area contributed by atoms with Gasteiger partial charge in [-0.2, -0.15) is 5.10 Å². The van der Waals surface area contributed by atoms with Crippen molar-refractivity contribution >= 4 is 58.3 Å². The SMILES string of the molecule is CCNC(=S)N/N=C\c1cccc(NC(=O)c2ccc(Cl)cc2Cl)c1. The first-order chi connectivity index (χ1) is 12.0. The van der Waals surface area contributed by atoms with E-state index in [1.165, 1.54) is 6.07 Å². The first kappa shape index (κ1) is 19.2. The lowest BCUT2D eigenvalue weighted by Gasteiger charge is -2.08. The zero-order valence-corrected chi connectivity index (χ0v) is 15.7. The Morgan fingerprint density at radius 1 is 1.24 bits per heavy atom. The van der Waals surface area contributed by atoms with Crippen LogP contribution < -0.4 is 16.1 Å². The van der Waals surface area contributed by atoms with Gasteiger partial charge in [0, 0.05) is 17.3 Å². The summed E-state index contributed by atoms with van der Waals surface area (Å²) in [5.74, 6) is -0.317. The average molecular weight is 395 g/mol. The number of nitrogens with zero attached hydrogens (tertiary/aromatic N) is 1. The molecule has 130 valence electrons. The third kappa shape index (κ3) is 6.01. The summed E-state index contributed by atoms with van der Waals surface area (Å²) in [5, 5.41) is 11.0. The molecule has 0 spiro atoms. The van der Waals surface area contributed by atoms with Crippen LogP contribution in [0.25, 0.3) is 0 Å². The number of carbonyl (C=O) groups excluding carboxylic acids is 1. The molecule has 0 unspecified atom stereocenters. The van der Waals surface area contributed by atoms with Crippen molar-refractivity contribution < 1.29 is 4.79 Å². The number of hydrogen-bond donors (Lipinski definition) is 3. The van der Waals surface area contributed by atoms with Gasteiger partial charge in [0.1, 0.15) is 0 Å². The number of benzene rings is 2. The van der Waals surface area contributed by atoms with Gasteiger partial charge in [-0.15, -0.1) is 0 Å². The van der Waals surface area contributed by atoms with E-state index in [1.54, 1.807) is 30.5 Å². The smallest absolute Gasteiger partial charge is 0.257 e. The van der Waals surface area contributed by atoms with Crippen molar-refractivity contribution in [3.05, 3.63) is 63.6 Å². The highest BCUT2D eigenvalue weighted by molar-refractivity contribution is 7.80. The van der Waals surface area contributed by atoms with Crippen molar-refractivity contribution in [2.45, 2.75) is 6.92 Å². The summed E-state index contributed by atoms with van der Waals surface area (Å²) < 4.78 is 0. The number of anilines is 1. The Balaban J connectivity index is 2.04. The molecule has 0 atom stereocenters. The van der Waals surface area contributed by atoms with Gasteiger partial charge in [0.15, 0.2) is 5.11 Å². The lowest BCUT2D eigenvalue weighted by Crippen LogP contribution is -2.31. The number of nitrogens with one attached hydrogen (secondary N) is 3. The van der Waals surface area contributed by atoms with Gasteiger partial charge in [-0.25, -0.2) is 0 Å². The molecule has 0 aliphatic rings. The fourth-order valence-corrected chi connectivity index (χ4v) is 2.63. The molecule has 25 heavy (non-hydrogen) atoms. The number of rotatable bonds is 5. The number of hydrogen-bond acceptors (Lipinski definition) is 3. The van der Waals surface area contributed by atoms with Gasteiger partial charge in [0.2, 0.25) is 0 Å². The van der Waals surface area contributed by atoms with Crippen molar-refractivity contribution in [2.24, 2.45) is 5.10 Å². The molecule has 2 rings (SSSR count). The van der Waals surface area contributed by atoms with Gasteiger partial charge in [-0.1, -0.05) is 35.3 Å². The fraction of sp³-hybridized carbons (Fsp3) is 0.118. The summed E-state index contributed by atoms with van der Waals surface area (Å²) in [5.41, 5.74) is 4.47. The lowest BCUT2D eigenvalue weighted by atomic mass is 10.2. The van der Waals surface area contributed by atoms with E-state index in [4.69, 9.17) is 35.4 Å². The van der Waals surface area contributed by atoms with Crippen LogP contribution in [0.4, 0.5) is 5.69 Å². The van der Waals surface area contributed by atoms with Crippen LogP contribution in [0.3, 0.4) is 0 Å². The Bertz CT molecular complexity index is 811. The van der Waals surface area contributed by atoms with Crippen molar-refractivity contribution in [3.8, 4) is 0 Å². The van der Waals surface area contributed by atoms with Gasteiger partial charge in [-0.05, 0) is 55.0 Å². The van der Waals surface area contributed by atoms with Gasteiger partial charge in [-0.3, -0.25) is 10.2 Å². The Hall–Kier alpha value is -2.15. The van der Waals surface area contributed by atoms with Crippen molar-refractivity contribution in [2.75, 3.05) is 11.9 Å². The predicted octanol–water partition coefficient (Wildman–Crippen LogP) is 4.06. The minimum absolute atomic E-state index is 0.295. The molecule has 1 amide bonds. The summed E-state index contributed by atoms with van der Waals surface area (Å²) in [7, 11) is 0. The summed E-state index contributed by atoms with van der Waals surface area (Å²) in [4.78, 5) is 12.3. The van der Waals surface area contributed by atoms with E-state index in [2.05, 4.69) is 21.2 Å². The third-order valence-corrected chi connectivity index (χ3v) is 3.82. The maximum absolute atomic E-state index is 12.3. The molecule has 2 aromatic rings. The highest BCUT2D eigenvalue weighted by Crippen LogP contribution is 2.22. The fourth-order valence-electron chi connectivity index (χ4n) is 1.93. The van der Waals surface area contributed by atoms with Crippen LogP contribution in [0.2, 0.25) is 10.0 Å². The van der Waals surface area contributed by atoms with Crippen molar-refractivity contribution in [3.63, 3.8) is 0 Å². The number of thiocarbonyl (C=S) groups is 1. The minimum atomic E-state index is -0.317. The highest BCUT2D eigenvalue weighted by atomic mass is 35.5. The molecule has 0 bridgehead atoms. The highest BCUT2D eigenvalue weighted by Gasteiger charge is 2.11. The Labute approximate surface area is 161 Å². The van der Waals surface area contributed by atoms with Crippen LogP contribution in [0.15, 0.2) is 47.6 Å². The number of amides is 1. The summed E-state index contributed by atoms with van der Waals surface area (Å²) >= 11 is 16.9. The molecule has 0 heterocycles. The number of carbonyl (C=O) groups is 1. The van der Waals surface area contributed by atoms with Crippen LogP contribution in [0.5, 0.6) is 0 Å². The lowest BCUT2D eigenvalue weighted by molar-refractivity contribution is 0.102. The van der Waals surface area contributed by atoms with Gasteiger partial charge in [0.05, 0.1) is 16.8 Å². The molecule has 3 N–H and O–H groups in total. The first-order valence-corrected chi connectivity index (χ1v) is 8.59. The topological polar surface area (TPSA) is 65.5 Å². The van der Waals surface area contributed by atoms with E-state index in [0.717, 1.165) is 12.1 Å². The quantitative estimate of drug-likeness (QED) is 0.406. The number of halogens is 2. The average Bonchev–Trinajstić information content (AvgIpc) is 2.55. The third-order valence-electron chi connectivity index (χ3n) is 3.04.